The molecule has 1 aliphatic rings. The predicted molar refractivity (Wildman–Crippen MR) is 70.5 cm³/mol. The molecular formula is C15H21N. The highest BCUT2D eigenvalue weighted by molar-refractivity contribution is 5.50. The van der Waals surface area contributed by atoms with Crippen LogP contribution in [0.4, 0.5) is 5.69 Å². The smallest absolute Gasteiger partial charge is 0.0381 e. The zero-order valence-corrected chi connectivity index (χ0v) is 10.3. The molecule has 0 spiro atoms. The normalized spacial score (nSPS) is 16.9. The van der Waals surface area contributed by atoms with E-state index in [0.29, 0.717) is 5.41 Å². The summed E-state index contributed by atoms with van der Waals surface area (Å²) in [4.78, 5) is 0. The minimum atomic E-state index is 0.402. The van der Waals surface area contributed by atoms with Gasteiger partial charge in [0.15, 0.2) is 0 Å². The van der Waals surface area contributed by atoms with Crippen LogP contribution in [0.3, 0.4) is 0 Å². The van der Waals surface area contributed by atoms with Gasteiger partial charge < -0.3 is 5.32 Å². The van der Waals surface area contributed by atoms with E-state index in [-0.39, 0.29) is 0 Å². The molecule has 0 radical (unpaired) electrons. The van der Waals surface area contributed by atoms with Gasteiger partial charge in [0.1, 0.15) is 0 Å². The second kappa shape index (κ2) is 4.32. The molecular weight excluding hydrogens is 194 g/mol. The van der Waals surface area contributed by atoms with Gasteiger partial charge in [-0.2, -0.15) is 0 Å². The van der Waals surface area contributed by atoms with Gasteiger partial charge in [0, 0.05) is 16.8 Å². The van der Waals surface area contributed by atoms with Gasteiger partial charge in [-0.15, -0.1) is 0 Å². The number of allylic oxidation sites excluding steroid dienone is 1. The second-order valence-corrected chi connectivity index (χ2v) is 5.00. The third-order valence-corrected chi connectivity index (χ3v) is 3.57. The van der Waals surface area contributed by atoms with Gasteiger partial charge in [-0.3, -0.25) is 0 Å². The van der Waals surface area contributed by atoms with Crippen molar-refractivity contribution in [3.8, 4) is 0 Å². The van der Waals surface area contributed by atoms with Gasteiger partial charge in [-0.1, -0.05) is 37.6 Å². The van der Waals surface area contributed by atoms with Crippen molar-refractivity contribution in [3.63, 3.8) is 0 Å². The Bertz CT molecular complexity index is 371. The number of hydrogen-bond donors (Lipinski definition) is 1. The molecule has 0 amide bonds. The molecule has 1 fully saturated rings. The van der Waals surface area contributed by atoms with Crippen LogP contribution in [0.1, 0.15) is 38.2 Å². The molecule has 1 aromatic rings. The molecule has 1 heteroatoms. The lowest BCUT2D eigenvalue weighted by molar-refractivity contribution is 0.543. The average Bonchev–Trinajstić information content (AvgIpc) is 3.03. The molecule has 1 aliphatic carbocycles. The Kier molecular flexibility index (Phi) is 3.04. The molecule has 1 N–H and O–H groups in total. The monoisotopic (exact) mass is 215 g/mol. The van der Waals surface area contributed by atoms with Crippen LogP contribution in [-0.4, -0.2) is 0 Å². The summed E-state index contributed by atoms with van der Waals surface area (Å²) in [5, 5.41) is 3.46. The standard InChI is InChI=1S/C15H21N/c1-4-9-15(10-11-15)13(3)16-14-7-5-12(2)6-8-14/h5-8,16H,3-4,9-11H2,1-2H3. The first-order valence-corrected chi connectivity index (χ1v) is 6.19. The van der Waals surface area contributed by atoms with E-state index in [2.05, 4.69) is 50.0 Å². The lowest BCUT2D eigenvalue weighted by Crippen LogP contribution is -2.11. The van der Waals surface area contributed by atoms with Gasteiger partial charge in [-0.05, 0) is 38.3 Å². The second-order valence-electron chi connectivity index (χ2n) is 5.00. The van der Waals surface area contributed by atoms with E-state index in [1.807, 2.05) is 0 Å². The topological polar surface area (TPSA) is 12.0 Å². The van der Waals surface area contributed by atoms with Crippen LogP contribution in [-0.2, 0) is 0 Å². The van der Waals surface area contributed by atoms with Gasteiger partial charge in [0.25, 0.3) is 0 Å². The molecule has 16 heavy (non-hydrogen) atoms. The van der Waals surface area contributed by atoms with Gasteiger partial charge in [0.05, 0.1) is 0 Å². The SMILES string of the molecule is C=C(Nc1ccc(C)cc1)C1(CCC)CC1. The number of benzene rings is 1. The van der Waals surface area contributed by atoms with Gasteiger partial charge in [-0.25, -0.2) is 0 Å². The molecule has 0 aliphatic heterocycles. The summed E-state index contributed by atoms with van der Waals surface area (Å²) < 4.78 is 0. The van der Waals surface area contributed by atoms with Crippen molar-refractivity contribution in [1.29, 1.82) is 0 Å². The Morgan fingerprint density at radius 3 is 2.44 bits per heavy atom. The first-order chi connectivity index (χ1) is 7.66. The summed E-state index contributed by atoms with van der Waals surface area (Å²) in [5.41, 5.74) is 4.07. The minimum absolute atomic E-state index is 0.402. The maximum Gasteiger partial charge on any atom is 0.0381 e. The third kappa shape index (κ3) is 2.29. The summed E-state index contributed by atoms with van der Waals surface area (Å²) in [6, 6.07) is 8.52. The minimum Gasteiger partial charge on any atom is -0.359 e. The fourth-order valence-electron chi connectivity index (χ4n) is 2.28. The Morgan fingerprint density at radius 2 is 1.94 bits per heavy atom. The van der Waals surface area contributed by atoms with Crippen LogP contribution < -0.4 is 5.32 Å². The Hall–Kier alpha value is -1.24. The molecule has 1 saturated carbocycles. The molecule has 1 nitrogen and oxygen atoms in total. The lowest BCUT2D eigenvalue weighted by atomic mass is 9.97. The van der Waals surface area contributed by atoms with Crippen LogP contribution in [0.2, 0.25) is 0 Å². The van der Waals surface area contributed by atoms with Crippen molar-refractivity contribution < 1.29 is 0 Å². The number of aryl methyl sites for hydroxylation is 1. The fourth-order valence-corrected chi connectivity index (χ4v) is 2.28. The van der Waals surface area contributed by atoms with Crippen molar-refractivity contribution >= 4 is 5.69 Å². The van der Waals surface area contributed by atoms with Crippen LogP contribution in [0.25, 0.3) is 0 Å². The predicted octanol–water partition coefficient (Wildman–Crippen LogP) is 4.50. The van der Waals surface area contributed by atoms with Crippen molar-refractivity contribution in [2.75, 3.05) is 5.32 Å². The molecule has 2 rings (SSSR count). The van der Waals surface area contributed by atoms with E-state index in [4.69, 9.17) is 0 Å². The molecule has 1 aromatic carbocycles. The van der Waals surface area contributed by atoms with Crippen molar-refractivity contribution in [2.45, 2.75) is 39.5 Å². The summed E-state index contributed by atoms with van der Waals surface area (Å²) in [7, 11) is 0. The lowest BCUT2D eigenvalue weighted by Gasteiger charge is -2.19. The quantitative estimate of drug-likeness (QED) is 0.762. The molecule has 0 heterocycles. The Balaban J connectivity index is 2.00. The highest BCUT2D eigenvalue weighted by Gasteiger charge is 2.44. The average molecular weight is 215 g/mol. The van der Waals surface area contributed by atoms with E-state index in [1.54, 1.807) is 0 Å². The first-order valence-electron chi connectivity index (χ1n) is 6.19. The first kappa shape index (κ1) is 11.3. The van der Waals surface area contributed by atoms with E-state index in [0.717, 1.165) is 5.69 Å². The summed E-state index contributed by atoms with van der Waals surface area (Å²) in [6.07, 6.45) is 5.12. The van der Waals surface area contributed by atoms with Crippen molar-refractivity contribution in [2.24, 2.45) is 5.41 Å². The van der Waals surface area contributed by atoms with Crippen molar-refractivity contribution in [1.82, 2.24) is 0 Å². The fraction of sp³-hybridized carbons (Fsp3) is 0.467. The Morgan fingerprint density at radius 1 is 1.31 bits per heavy atom. The Labute approximate surface area is 98.6 Å². The maximum atomic E-state index is 4.21. The number of nitrogens with one attached hydrogen (secondary N) is 1. The largest absolute Gasteiger partial charge is 0.359 e. The summed E-state index contributed by atoms with van der Waals surface area (Å²) in [5.74, 6) is 0. The van der Waals surface area contributed by atoms with E-state index in [9.17, 15) is 0 Å². The highest BCUT2D eigenvalue weighted by Crippen LogP contribution is 2.54. The molecule has 0 saturated heterocycles. The zero-order chi connectivity index (χ0) is 11.6. The molecule has 0 unspecified atom stereocenters. The van der Waals surface area contributed by atoms with Gasteiger partial charge >= 0.3 is 0 Å². The van der Waals surface area contributed by atoms with Crippen LogP contribution in [0.15, 0.2) is 36.5 Å². The van der Waals surface area contributed by atoms with E-state index < -0.39 is 0 Å². The summed E-state index contributed by atoms with van der Waals surface area (Å²) in [6.45, 7) is 8.57. The molecule has 86 valence electrons. The molecule has 0 bridgehead atoms. The maximum absolute atomic E-state index is 4.21. The number of hydrogen-bond acceptors (Lipinski definition) is 1. The number of anilines is 1. The third-order valence-electron chi connectivity index (χ3n) is 3.57. The highest BCUT2D eigenvalue weighted by atomic mass is 14.9. The van der Waals surface area contributed by atoms with Crippen LogP contribution >= 0.6 is 0 Å². The van der Waals surface area contributed by atoms with E-state index >= 15 is 0 Å². The van der Waals surface area contributed by atoms with E-state index in [1.165, 1.54) is 36.9 Å². The number of rotatable bonds is 5. The van der Waals surface area contributed by atoms with Crippen LogP contribution in [0.5, 0.6) is 0 Å². The van der Waals surface area contributed by atoms with Crippen LogP contribution in [0, 0.1) is 12.3 Å². The zero-order valence-electron chi connectivity index (χ0n) is 10.3. The summed E-state index contributed by atoms with van der Waals surface area (Å²) >= 11 is 0. The van der Waals surface area contributed by atoms with Gasteiger partial charge in [0.2, 0.25) is 0 Å². The molecule has 0 atom stereocenters. The molecule has 0 aromatic heterocycles. The van der Waals surface area contributed by atoms with Crippen molar-refractivity contribution in [3.05, 3.63) is 42.1 Å².